The van der Waals surface area contributed by atoms with Crippen molar-refractivity contribution in [2.75, 3.05) is 0 Å². The van der Waals surface area contributed by atoms with Gasteiger partial charge >= 0.3 is 0 Å². The van der Waals surface area contributed by atoms with E-state index in [0.29, 0.717) is 17.7 Å². The molecular weight excluding hydrogens is 336 g/mol. The van der Waals surface area contributed by atoms with Gasteiger partial charge in [0.2, 0.25) is 11.8 Å². The monoisotopic (exact) mass is 370 g/mol. The van der Waals surface area contributed by atoms with Crippen molar-refractivity contribution in [1.29, 1.82) is 0 Å². The molecule has 4 nitrogen and oxygen atoms in total. The Morgan fingerprint density at radius 3 is 1.67 bits per heavy atom. The minimum absolute atomic E-state index is 0.0774. The van der Waals surface area contributed by atoms with Crippen molar-refractivity contribution in [1.82, 2.24) is 10.6 Å². The molecule has 8 bridgehead atoms. The zero-order valence-electron chi connectivity index (χ0n) is 16.7. The van der Waals surface area contributed by atoms with E-state index in [0.717, 1.165) is 49.9 Å². The van der Waals surface area contributed by atoms with Gasteiger partial charge in [-0.25, -0.2) is 0 Å². The van der Waals surface area contributed by atoms with Gasteiger partial charge in [0.05, 0.1) is 5.41 Å². The van der Waals surface area contributed by atoms with E-state index in [4.69, 9.17) is 0 Å². The lowest BCUT2D eigenvalue weighted by molar-refractivity contribution is -0.157. The van der Waals surface area contributed by atoms with Crippen LogP contribution in [-0.4, -0.2) is 22.9 Å². The normalized spacial score (nSPS) is 54.2. The minimum Gasteiger partial charge on any atom is -0.351 e. The third kappa shape index (κ3) is 2.54. The Morgan fingerprint density at radius 2 is 1.15 bits per heavy atom. The third-order valence-corrected chi connectivity index (χ3v) is 9.40. The van der Waals surface area contributed by atoms with Crippen molar-refractivity contribution in [2.45, 2.75) is 95.1 Å². The Labute approximate surface area is 162 Å². The Hall–Kier alpha value is -1.06. The molecule has 0 radical (unpaired) electrons. The highest BCUT2D eigenvalue weighted by Crippen LogP contribution is 2.62. The fourth-order valence-electron chi connectivity index (χ4n) is 9.69. The molecule has 0 heterocycles. The molecule has 0 aromatic carbocycles. The van der Waals surface area contributed by atoms with E-state index < -0.39 is 0 Å². The van der Waals surface area contributed by atoms with Gasteiger partial charge in [0.15, 0.2) is 0 Å². The van der Waals surface area contributed by atoms with Gasteiger partial charge in [-0.3, -0.25) is 9.59 Å². The number of carbonyl (C=O) groups is 2. The van der Waals surface area contributed by atoms with Gasteiger partial charge in [0.1, 0.15) is 0 Å². The van der Waals surface area contributed by atoms with E-state index in [9.17, 15) is 9.59 Å². The SMILES string of the molecule is CC(=O)NC12CC3CC(C1)CC(C(=O)NC14CC5CC(CC(C5)C1)C4)(C3)C2. The molecule has 2 amide bonds. The highest BCUT2D eigenvalue weighted by molar-refractivity contribution is 5.84. The van der Waals surface area contributed by atoms with Crippen molar-refractivity contribution in [3.63, 3.8) is 0 Å². The average Bonchev–Trinajstić information content (AvgIpc) is 2.50. The number of amides is 2. The second-order valence-electron chi connectivity index (χ2n) is 11.9. The first kappa shape index (κ1) is 16.9. The van der Waals surface area contributed by atoms with E-state index in [2.05, 4.69) is 10.6 Å². The van der Waals surface area contributed by atoms with Crippen LogP contribution in [0.4, 0.5) is 0 Å². The van der Waals surface area contributed by atoms with Crippen molar-refractivity contribution in [3.8, 4) is 0 Å². The van der Waals surface area contributed by atoms with Gasteiger partial charge in [-0.1, -0.05) is 0 Å². The van der Waals surface area contributed by atoms with Crippen molar-refractivity contribution in [2.24, 2.45) is 35.0 Å². The molecule has 27 heavy (non-hydrogen) atoms. The average molecular weight is 371 g/mol. The van der Waals surface area contributed by atoms with Gasteiger partial charge in [0.25, 0.3) is 0 Å². The lowest BCUT2D eigenvalue weighted by atomic mass is 9.46. The second kappa shape index (κ2) is 5.30. The van der Waals surface area contributed by atoms with Gasteiger partial charge in [-0.05, 0) is 107 Å². The number of rotatable bonds is 3. The molecule has 2 N–H and O–H groups in total. The fraction of sp³-hybridized carbons (Fsp3) is 0.913. The van der Waals surface area contributed by atoms with Crippen LogP contribution >= 0.6 is 0 Å². The topological polar surface area (TPSA) is 58.2 Å². The summed E-state index contributed by atoms with van der Waals surface area (Å²) >= 11 is 0. The predicted molar refractivity (Wildman–Crippen MR) is 103 cm³/mol. The summed E-state index contributed by atoms with van der Waals surface area (Å²) in [6, 6.07) is 0. The number of hydrogen-bond donors (Lipinski definition) is 2. The third-order valence-electron chi connectivity index (χ3n) is 9.40. The Morgan fingerprint density at radius 1 is 0.667 bits per heavy atom. The fourth-order valence-corrected chi connectivity index (χ4v) is 9.69. The second-order valence-corrected chi connectivity index (χ2v) is 11.9. The van der Waals surface area contributed by atoms with E-state index in [1.807, 2.05) is 0 Å². The van der Waals surface area contributed by atoms with E-state index in [1.165, 1.54) is 44.9 Å². The molecule has 0 aromatic rings. The first-order valence-electron chi connectivity index (χ1n) is 11.5. The molecule has 8 saturated carbocycles. The molecule has 4 heteroatoms. The Bertz CT molecular complexity index is 649. The van der Waals surface area contributed by atoms with Crippen LogP contribution in [0.15, 0.2) is 0 Å². The molecule has 0 aliphatic heterocycles. The zero-order chi connectivity index (χ0) is 18.4. The smallest absolute Gasteiger partial charge is 0.226 e. The molecule has 8 aliphatic carbocycles. The molecule has 8 aliphatic rings. The summed E-state index contributed by atoms with van der Waals surface area (Å²) in [7, 11) is 0. The van der Waals surface area contributed by atoms with E-state index >= 15 is 0 Å². The summed E-state index contributed by atoms with van der Waals surface area (Å²) < 4.78 is 0. The summed E-state index contributed by atoms with van der Waals surface area (Å²) in [5.74, 6) is 4.26. The zero-order valence-corrected chi connectivity index (χ0v) is 16.7. The molecule has 2 unspecified atom stereocenters. The predicted octanol–water partition coefficient (Wildman–Crippen LogP) is 3.55. The van der Waals surface area contributed by atoms with E-state index in [1.54, 1.807) is 6.92 Å². The van der Waals surface area contributed by atoms with Gasteiger partial charge < -0.3 is 10.6 Å². The van der Waals surface area contributed by atoms with Crippen molar-refractivity contribution >= 4 is 11.8 Å². The van der Waals surface area contributed by atoms with Crippen LogP contribution in [0.25, 0.3) is 0 Å². The number of carbonyl (C=O) groups excluding carboxylic acids is 2. The maximum atomic E-state index is 13.8. The van der Waals surface area contributed by atoms with Gasteiger partial charge in [0, 0.05) is 18.0 Å². The molecule has 8 rings (SSSR count). The van der Waals surface area contributed by atoms with Gasteiger partial charge in [-0.15, -0.1) is 0 Å². The van der Waals surface area contributed by atoms with Crippen LogP contribution in [0.1, 0.15) is 84.0 Å². The largest absolute Gasteiger partial charge is 0.351 e. The van der Waals surface area contributed by atoms with Gasteiger partial charge in [-0.2, -0.15) is 0 Å². The van der Waals surface area contributed by atoms with E-state index in [-0.39, 0.29) is 22.4 Å². The van der Waals surface area contributed by atoms with Crippen LogP contribution in [-0.2, 0) is 9.59 Å². The first-order valence-corrected chi connectivity index (χ1v) is 11.5. The lowest BCUT2D eigenvalue weighted by Gasteiger charge is -2.62. The highest BCUT2D eigenvalue weighted by atomic mass is 16.2. The van der Waals surface area contributed by atoms with Crippen molar-refractivity contribution in [3.05, 3.63) is 0 Å². The van der Waals surface area contributed by atoms with Crippen LogP contribution in [0, 0.1) is 35.0 Å². The number of nitrogens with one attached hydrogen (secondary N) is 2. The van der Waals surface area contributed by atoms with Crippen LogP contribution in [0.2, 0.25) is 0 Å². The number of hydrogen-bond acceptors (Lipinski definition) is 2. The molecule has 148 valence electrons. The minimum atomic E-state index is -0.212. The highest BCUT2D eigenvalue weighted by Gasteiger charge is 2.62. The summed E-state index contributed by atoms with van der Waals surface area (Å²) in [5, 5.41) is 7.01. The maximum Gasteiger partial charge on any atom is 0.226 e. The Kier molecular flexibility index (Phi) is 3.31. The summed E-state index contributed by atoms with van der Waals surface area (Å²) in [6.45, 7) is 1.64. The summed E-state index contributed by atoms with van der Waals surface area (Å²) in [5.41, 5.74) is -0.207. The Balaban J connectivity index is 1.26. The molecule has 0 aromatic heterocycles. The lowest BCUT2D eigenvalue weighted by Crippen LogP contribution is -2.68. The molecule has 0 saturated heterocycles. The standard InChI is InChI=1S/C23H34N2O2/c1-14(26)24-23-11-18-5-19(12-23)7-21(6-18,13-23)20(27)25-22-8-15-2-16(9-22)4-17(3-15)10-22/h15-19H,2-13H2,1H3,(H,24,26)(H,25,27). The summed E-state index contributed by atoms with van der Waals surface area (Å²) in [4.78, 5) is 25.7. The molecule has 8 fully saturated rings. The maximum absolute atomic E-state index is 13.8. The molecule has 2 atom stereocenters. The quantitative estimate of drug-likeness (QED) is 0.798. The molecular formula is C23H34N2O2. The van der Waals surface area contributed by atoms with Crippen LogP contribution < -0.4 is 10.6 Å². The molecule has 0 spiro atoms. The first-order chi connectivity index (χ1) is 12.9. The van der Waals surface area contributed by atoms with Crippen molar-refractivity contribution < 1.29 is 9.59 Å². The summed E-state index contributed by atoms with van der Waals surface area (Å²) in [6.07, 6.45) is 14.4. The van der Waals surface area contributed by atoms with Crippen LogP contribution in [0.3, 0.4) is 0 Å². The van der Waals surface area contributed by atoms with Crippen LogP contribution in [0.5, 0.6) is 0 Å².